The molecule has 0 aromatic heterocycles. The Kier molecular flexibility index (Phi) is 3.68. The molecule has 0 N–H and O–H groups in total. The first kappa shape index (κ1) is 14.9. The third kappa shape index (κ3) is 2.51. The lowest BCUT2D eigenvalue weighted by atomic mass is 9.83. The van der Waals surface area contributed by atoms with Crippen LogP contribution in [0.2, 0.25) is 0 Å². The van der Waals surface area contributed by atoms with E-state index < -0.39 is 0 Å². The van der Waals surface area contributed by atoms with Gasteiger partial charge < -0.3 is 0 Å². The van der Waals surface area contributed by atoms with Crippen LogP contribution in [0.3, 0.4) is 0 Å². The van der Waals surface area contributed by atoms with E-state index in [0.29, 0.717) is 18.0 Å². The summed E-state index contributed by atoms with van der Waals surface area (Å²) in [4.78, 5) is 2.76. The molecule has 2 aliphatic rings. The minimum atomic E-state index is 0.498. The summed E-state index contributed by atoms with van der Waals surface area (Å²) in [5.41, 5.74) is 6.03. The lowest BCUT2D eigenvalue weighted by Gasteiger charge is -2.37. The van der Waals surface area contributed by atoms with E-state index in [4.69, 9.17) is 0 Å². The SMILES string of the molecule is c1ccc([C@H]2C[C@@H](c3ccccc3)[C@H]3c4ccccc4CCN23)cc1. The maximum Gasteiger partial charge on any atom is 0.0426 e. The molecule has 1 heteroatoms. The standard InChI is InChI=1S/C24H23N/c1-3-9-18(10-4-1)22-17-23(20-12-5-2-6-13-20)25-16-15-19-11-7-8-14-21(19)24(22)25/h1-14,22-24H,15-17H2/t22-,23+,24+/m0/s1. The Labute approximate surface area is 149 Å². The van der Waals surface area contributed by atoms with Crippen molar-refractivity contribution in [3.63, 3.8) is 0 Å². The van der Waals surface area contributed by atoms with Crippen LogP contribution >= 0.6 is 0 Å². The fraction of sp³-hybridized carbons (Fsp3) is 0.250. The maximum absolute atomic E-state index is 2.76. The molecule has 3 aromatic carbocycles. The van der Waals surface area contributed by atoms with E-state index in [0.717, 1.165) is 13.0 Å². The topological polar surface area (TPSA) is 3.24 Å². The number of fused-ring (bicyclic) bond motifs is 3. The highest BCUT2D eigenvalue weighted by Crippen LogP contribution is 2.54. The molecule has 2 aliphatic heterocycles. The lowest BCUT2D eigenvalue weighted by Crippen LogP contribution is -2.34. The second-order valence-corrected chi connectivity index (χ2v) is 7.31. The largest absolute Gasteiger partial charge is 0.288 e. The summed E-state index contributed by atoms with van der Waals surface area (Å²) in [6.45, 7) is 1.16. The molecule has 25 heavy (non-hydrogen) atoms. The van der Waals surface area contributed by atoms with Gasteiger partial charge in [-0.25, -0.2) is 0 Å². The summed E-state index contributed by atoms with van der Waals surface area (Å²) in [6, 6.07) is 32.3. The van der Waals surface area contributed by atoms with Crippen LogP contribution in [0.4, 0.5) is 0 Å². The molecule has 2 heterocycles. The average molecular weight is 325 g/mol. The zero-order valence-electron chi connectivity index (χ0n) is 14.4. The van der Waals surface area contributed by atoms with Crippen LogP contribution in [-0.4, -0.2) is 11.4 Å². The smallest absolute Gasteiger partial charge is 0.0426 e. The molecular formula is C24H23N. The van der Waals surface area contributed by atoms with Crippen molar-refractivity contribution in [3.8, 4) is 0 Å². The number of hydrogen-bond acceptors (Lipinski definition) is 1. The molecule has 1 saturated heterocycles. The third-order valence-electron chi connectivity index (χ3n) is 6.04. The third-order valence-corrected chi connectivity index (χ3v) is 6.04. The Balaban J connectivity index is 1.62. The van der Waals surface area contributed by atoms with Crippen molar-refractivity contribution in [1.82, 2.24) is 4.90 Å². The summed E-state index contributed by atoms with van der Waals surface area (Å²) in [6.07, 6.45) is 2.37. The van der Waals surface area contributed by atoms with Crippen molar-refractivity contribution in [2.24, 2.45) is 0 Å². The quantitative estimate of drug-likeness (QED) is 0.600. The van der Waals surface area contributed by atoms with E-state index in [9.17, 15) is 0 Å². The zero-order valence-corrected chi connectivity index (χ0v) is 14.4. The maximum atomic E-state index is 2.76. The van der Waals surface area contributed by atoms with Crippen LogP contribution < -0.4 is 0 Å². The van der Waals surface area contributed by atoms with Gasteiger partial charge in [-0.3, -0.25) is 4.90 Å². The molecular weight excluding hydrogens is 302 g/mol. The van der Waals surface area contributed by atoms with Gasteiger partial charge in [0.05, 0.1) is 0 Å². The van der Waals surface area contributed by atoms with E-state index in [1.165, 1.54) is 17.5 Å². The van der Waals surface area contributed by atoms with Crippen LogP contribution in [0.1, 0.15) is 46.7 Å². The molecule has 0 saturated carbocycles. The number of nitrogens with zero attached hydrogens (tertiary/aromatic N) is 1. The van der Waals surface area contributed by atoms with Crippen LogP contribution in [-0.2, 0) is 6.42 Å². The van der Waals surface area contributed by atoms with E-state index in [1.54, 1.807) is 11.1 Å². The summed E-state index contributed by atoms with van der Waals surface area (Å²) in [7, 11) is 0. The van der Waals surface area contributed by atoms with Crippen LogP contribution in [0.15, 0.2) is 84.9 Å². The number of hydrogen-bond donors (Lipinski definition) is 0. The predicted molar refractivity (Wildman–Crippen MR) is 103 cm³/mol. The Morgan fingerprint density at radius 2 is 1.32 bits per heavy atom. The minimum absolute atomic E-state index is 0.498. The van der Waals surface area contributed by atoms with Crippen molar-refractivity contribution in [3.05, 3.63) is 107 Å². The van der Waals surface area contributed by atoms with Crippen LogP contribution in [0, 0.1) is 0 Å². The molecule has 1 nitrogen and oxygen atoms in total. The molecule has 124 valence electrons. The molecule has 0 amide bonds. The van der Waals surface area contributed by atoms with Gasteiger partial charge in [0.15, 0.2) is 0 Å². The van der Waals surface area contributed by atoms with Gasteiger partial charge in [-0.2, -0.15) is 0 Å². The van der Waals surface area contributed by atoms with Crippen molar-refractivity contribution in [2.75, 3.05) is 6.54 Å². The Bertz CT molecular complexity index is 856. The average Bonchev–Trinajstić information content (AvgIpc) is 3.09. The highest BCUT2D eigenvalue weighted by atomic mass is 15.2. The molecule has 0 unspecified atom stereocenters. The Morgan fingerprint density at radius 3 is 2.08 bits per heavy atom. The van der Waals surface area contributed by atoms with Crippen molar-refractivity contribution >= 4 is 0 Å². The molecule has 0 aliphatic carbocycles. The first-order valence-corrected chi connectivity index (χ1v) is 9.35. The molecule has 0 radical (unpaired) electrons. The van der Waals surface area contributed by atoms with Crippen LogP contribution in [0.25, 0.3) is 0 Å². The second-order valence-electron chi connectivity index (χ2n) is 7.31. The summed E-state index contributed by atoms with van der Waals surface area (Å²) in [5, 5.41) is 0. The molecule has 1 fully saturated rings. The summed E-state index contributed by atoms with van der Waals surface area (Å²) >= 11 is 0. The monoisotopic (exact) mass is 325 g/mol. The van der Waals surface area contributed by atoms with Gasteiger partial charge in [-0.1, -0.05) is 84.9 Å². The number of rotatable bonds is 2. The van der Waals surface area contributed by atoms with E-state index in [-0.39, 0.29) is 0 Å². The van der Waals surface area contributed by atoms with E-state index in [1.807, 2.05) is 0 Å². The Hall–Kier alpha value is -2.38. The fourth-order valence-corrected chi connectivity index (χ4v) is 4.94. The molecule has 5 rings (SSSR count). The minimum Gasteiger partial charge on any atom is -0.288 e. The highest BCUT2D eigenvalue weighted by Gasteiger charge is 2.45. The van der Waals surface area contributed by atoms with Crippen molar-refractivity contribution < 1.29 is 0 Å². The van der Waals surface area contributed by atoms with Gasteiger partial charge in [0.25, 0.3) is 0 Å². The molecule has 3 aromatic rings. The normalized spacial score (nSPS) is 25.4. The van der Waals surface area contributed by atoms with Crippen molar-refractivity contribution in [2.45, 2.75) is 30.8 Å². The molecule has 0 bridgehead atoms. The fourth-order valence-electron chi connectivity index (χ4n) is 4.94. The van der Waals surface area contributed by atoms with Gasteiger partial charge in [0.2, 0.25) is 0 Å². The van der Waals surface area contributed by atoms with E-state index >= 15 is 0 Å². The number of benzene rings is 3. The Morgan fingerprint density at radius 1 is 0.680 bits per heavy atom. The summed E-state index contributed by atoms with van der Waals surface area (Å²) in [5.74, 6) is 0.563. The van der Waals surface area contributed by atoms with Gasteiger partial charge in [0.1, 0.15) is 0 Å². The zero-order chi connectivity index (χ0) is 16.6. The summed E-state index contributed by atoms with van der Waals surface area (Å²) < 4.78 is 0. The van der Waals surface area contributed by atoms with Gasteiger partial charge >= 0.3 is 0 Å². The van der Waals surface area contributed by atoms with Crippen LogP contribution in [0.5, 0.6) is 0 Å². The highest BCUT2D eigenvalue weighted by molar-refractivity contribution is 5.39. The first-order valence-electron chi connectivity index (χ1n) is 9.35. The van der Waals surface area contributed by atoms with Gasteiger partial charge in [-0.15, -0.1) is 0 Å². The second kappa shape index (κ2) is 6.16. The first-order chi connectivity index (χ1) is 12.4. The van der Waals surface area contributed by atoms with Crippen molar-refractivity contribution in [1.29, 1.82) is 0 Å². The van der Waals surface area contributed by atoms with Gasteiger partial charge in [-0.05, 0) is 35.1 Å². The van der Waals surface area contributed by atoms with Gasteiger partial charge in [0, 0.05) is 24.5 Å². The molecule has 0 spiro atoms. The lowest BCUT2D eigenvalue weighted by molar-refractivity contribution is 0.179. The van der Waals surface area contributed by atoms with E-state index in [2.05, 4.69) is 89.8 Å². The predicted octanol–water partition coefficient (Wildman–Crippen LogP) is 5.51. The molecule has 3 atom stereocenters.